The molecule has 0 amide bonds. The van der Waals surface area contributed by atoms with Crippen molar-refractivity contribution in [3.05, 3.63) is 0 Å². The smallest absolute Gasteiger partial charge is 0.0687 e. The van der Waals surface area contributed by atoms with E-state index in [-0.39, 0.29) is 5.66 Å². The third-order valence-corrected chi connectivity index (χ3v) is 3.41. The van der Waals surface area contributed by atoms with E-state index in [1.807, 2.05) is 0 Å². The Morgan fingerprint density at radius 3 is 2.36 bits per heavy atom. The van der Waals surface area contributed by atoms with E-state index in [9.17, 15) is 0 Å². The van der Waals surface area contributed by atoms with Crippen molar-refractivity contribution in [2.24, 2.45) is 11.7 Å². The van der Waals surface area contributed by atoms with E-state index in [4.69, 9.17) is 5.73 Å². The largest absolute Gasteiger partial charge is 0.313 e. The van der Waals surface area contributed by atoms with Crippen molar-refractivity contribution >= 4 is 0 Å². The van der Waals surface area contributed by atoms with Gasteiger partial charge in [-0.25, -0.2) is 0 Å². The van der Waals surface area contributed by atoms with Gasteiger partial charge in [-0.05, 0) is 32.1 Å². The molecular weight excluding hydrogens is 136 g/mol. The van der Waals surface area contributed by atoms with Crippen molar-refractivity contribution in [2.45, 2.75) is 44.8 Å². The summed E-state index contributed by atoms with van der Waals surface area (Å²) in [4.78, 5) is 2.50. The van der Waals surface area contributed by atoms with Crippen LogP contribution >= 0.6 is 0 Å². The molecule has 2 atom stereocenters. The van der Waals surface area contributed by atoms with Gasteiger partial charge in [-0.1, -0.05) is 6.92 Å². The normalized spacial score (nSPS) is 46.6. The van der Waals surface area contributed by atoms with Gasteiger partial charge in [0.05, 0.1) is 5.66 Å². The summed E-state index contributed by atoms with van der Waals surface area (Å²) in [5, 5.41) is 0. The number of rotatable bonds is 1. The molecule has 0 aromatic carbocycles. The molecule has 1 heterocycles. The Kier molecular flexibility index (Phi) is 1.52. The highest BCUT2D eigenvalue weighted by atomic mass is 15.3. The first-order valence-electron chi connectivity index (χ1n) is 4.68. The van der Waals surface area contributed by atoms with Gasteiger partial charge in [0.2, 0.25) is 0 Å². The third-order valence-electron chi connectivity index (χ3n) is 3.41. The molecule has 2 aliphatic rings. The maximum absolute atomic E-state index is 6.23. The maximum atomic E-state index is 6.23. The average Bonchev–Trinajstić information content (AvgIpc) is 2.67. The molecule has 1 aliphatic carbocycles. The molecule has 0 bridgehead atoms. The molecule has 64 valence electrons. The van der Waals surface area contributed by atoms with Crippen LogP contribution in [0.3, 0.4) is 0 Å². The number of likely N-dealkylation sites (tertiary alicyclic amines) is 1. The Morgan fingerprint density at radius 1 is 1.36 bits per heavy atom. The first-order chi connectivity index (χ1) is 5.12. The predicted molar refractivity (Wildman–Crippen MR) is 46.1 cm³/mol. The second-order valence-corrected chi connectivity index (χ2v) is 4.34. The Hall–Kier alpha value is -0.0800. The predicted octanol–water partition coefficient (Wildman–Crippen LogP) is 1.17. The first kappa shape index (κ1) is 7.56. The van der Waals surface area contributed by atoms with Gasteiger partial charge in [-0.3, -0.25) is 4.90 Å². The van der Waals surface area contributed by atoms with Crippen LogP contribution in [0.15, 0.2) is 0 Å². The van der Waals surface area contributed by atoms with Crippen LogP contribution in [-0.4, -0.2) is 23.1 Å². The van der Waals surface area contributed by atoms with E-state index < -0.39 is 0 Å². The molecule has 1 aliphatic heterocycles. The maximum Gasteiger partial charge on any atom is 0.0687 e. The molecule has 0 aromatic rings. The van der Waals surface area contributed by atoms with Crippen molar-refractivity contribution in [2.75, 3.05) is 6.54 Å². The summed E-state index contributed by atoms with van der Waals surface area (Å²) in [6.45, 7) is 5.67. The number of hydrogen-bond donors (Lipinski definition) is 1. The fourth-order valence-electron chi connectivity index (χ4n) is 2.11. The Morgan fingerprint density at radius 2 is 2.00 bits per heavy atom. The van der Waals surface area contributed by atoms with Gasteiger partial charge in [-0.15, -0.1) is 0 Å². The molecule has 1 saturated heterocycles. The fraction of sp³-hybridized carbons (Fsp3) is 1.00. The minimum absolute atomic E-state index is 0.0127. The van der Waals surface area contributed by atoms with Crippen LogP contribution < -0.4 is 5.73 Å². The standard InChI is InChI=1S/C9H18N2/c1-7-5-6-11(8-3-4-8)9(7,2)10/h7-8H,3-6,10H2,1-2H3. The van der Waals surface area contributed by atoms with Crippen LogP contribution in [0, 0.1) is 5.92 Å². The molecule has 0 aromatic heterocycles. The quantitative estimate of drug-likeness (QED) is 0.614. The minimum Gasteiger partial charge on any atom is -0.313 e. The van der Waals surface area contributed by atoms with Crippen molar-refractivity contribution in [3.63, 3.8) is 0 Å². The summed E-state index contributed by atoms with van der Waals surface area (Å²) in [7, 11) is 0. The summed E-state index contributed by atoms with van der Waals surface area (Å²) < 4.78 is 0. The van der Waals surface area contributed by atoms with Gasteiger partial charge in [0.15, 0.2) is 0 Å². The molecule has 2 rings (SSSR count). The highest BCUT2D eigenvalue weighted by molar-refractivity contribution is 4.99. The van der Waals surface area contributed by atoms with E-state index in [0.29, 0.717) is 5.92 Å². The van der Waals surface area contributed by atoms with Crippen LogP contribution in [0.4, 0.5) is 0 Å². The second kappa shape index (κ2) is 2.20. The van der Waals surface area contributed by atoms with Crippen LogP contribution in [0.1, 0.15) is 33.1 Å². The lowest BCUT2D eigenvalue weighted by atomic mass is 9.98. The van der Waals surface area contributed by atoms with Gasteiger partial charge < -0.3 is 5.73 Å². The van der Waals surface area contributed by atoms with Crippen molar-refractivity contribution in [3.8, 4) is 0 Å². The van der Waals surface area contributed by atoms with Gasteiger partial charge in [0.1, 0.15) is 0 Å². The number of nitrogens with zero attached hydrogens (tertiary/aromatic N) is 1. The molecular formula is C9H18N2. The minimum atomic E-state index is -0.0127. The zero-order valence-electron chi connectivity index (χ0n) is 7.51. The summed E-state index contributed by atoms with van der Waals surface area (Å²) in [6.07, 6.45) is 4.03. The number of hydrogen-bond acceptors (Lipinski definition) is 2. The van der Waals surface area contributed by atoms with Gasteiger partial charge >= 0.3 is 0 Å². The zero-order chi connectivity index (χ0) is 8.06. The summed E-state index contributed by atoms with van der Waals surface area (Å²) in [6, 6.07) is 0.829. The molecule has 11 heavy (non-hydrogen) atoms. The lowest BCUT2D eigenvalue weighted by molar-refractivity contribution is 0.123. The average molecular weight is 154 g/mol. The highest BCUT2D eigenvalue weighted by Crippen LogP contribution is 2.39. The topological polar surface area (TPSA) is 29.3 Å². The van der Waals surface area contributed by atoms with Gasteiger partial charge in [-0.2, -0.15) is 0 Å². The van der Waals surface area contributed by atoms with Crippen LogP contribution in [0.25, 0.3) is 0 Å². The molecule has 1 saturated carbocycles. The van der Waals surface area contributed by atoms with Crippen molar-refractivity contribution < 1.29 is 0 Å². The van der Waals surface area contributed by atoms with Crippen molar-refractivity contribution in [1.29, 1.82) is 0 Å². The summed E-state index contributed by atoms with van der Waals surface area (Å²) in [5.41, 5.74) is 6.22. The molecule has 0 spiro atoms. The van der Waals surface area contributed by atoms with E-state index >= 15 is 0 Å². The van der Waals surface area contributed by atoms with E-state index in [0.717, 1.165) is 6.04 Å². The lowest BCUT2D eigenvalue weighted by Gasteiger charge is -2.34. The Bertz CT molecular complexity index is 161. The molecule has 2 fully saturated rings. The van der Waals surface area contributed by atoms with Gasteiger partial charge in [0, 0.05) is 12.6 Å². The van der Waals surface area contributed by atoms with Crippen LogP contribution in [0.2, 0.25) is 0 Å². The van der Waals surface area contributed by atoms with E-state index in [2.05, 4.69) is 18.7 Å². The van der Waals surface area contributed by atoms with Crippen molar-refractivity contribution in [1.82, 2.24) is 4.90 Å². The molecule has 2 N–H and O–H groups in total. The van der Waals surface area contributed by atoms with E-state index in [1.54, 1.807) is 0 Å². The number of nitrogens with two attached hydrogens (primary N) is 1. The van der Waals surface area contributed by atoms with Gasteiger partial charge in [0.25, 0.3) is 0 Å². The second-order valence-electron chi connectivity index (χ2n) is 4.34. The fourth-order valence-corrected chi connectivity index (χ4v) is 2.11. The molecule has 2 heteroatoms. The monoisotopic (exact) mass is 154 g/mol. The SMILES string of the molecule is CC1CCN(C2CC2)C1(C)N. The summed E-state index contributed by atoms with van der Waals surface area (Å²) in [5.74, 6) is 0.670. The third kappa shape index (κ3) is 1.09. The lowest BCUT2D eigenvalue weighted by Crippen LogP contribution is -2.53. The summed E-state index contributed by atoms with van der Waals surface area (Å²) >= 11 is 0. The van der Waals surface area contributed by atoms with Crippen LogP contribution in [-0.2, 0) is 0 Å². The highest BCUT2D eigenvalue weighted by Gasteiger charge is 2.45. The van der Waals surface area contributed by atoms with Crippen LogP contribution in [0.5, 0.6) is 0 Å². The van der Waals surface area contributed by atoms with E-state index in [1.165, 1.54) is 25.8 Å². The first-order valence-corrected chi connectivity index (χ1v) is 4.68. The Labute approximate surface area is 68.7 Å². The molecule has 2 unspecified atom stereocenters. The molecule has 2 nitrogen and oxygen atoms in total. The molecule has 0 radical (unpaired) electrons. The Balaban J connectivity index is 2.10. The zero-order valence-corrected chi connectivity index (χ0v) is 7.51.